The molecule has 0 bridgehead atoms. The maximum absolute atomic E-state index is 11.0. The predicted molar refractivity (Wildman–Crippen MR) is 50.1 cm³/mol. The predicted octanol–water partition coefficient (Wildman–Crippen LogP) is -0.293. The Morgan fingerprint density at radius 1 is 1.69 bits per heavy atom. The Hall–Kier alpha value is -0.610. The smallest absolute Gasteiger partial charge is 0.234 e. The number of rotatable bonds is 4. The van der Waals surface area contributed by atoms with Gasteiger partial charge in [0.15, 0.2) is 0 Å². The van der Waals surface area contributed by atoms with E-state index in [1.54, 1.807) is 0 Å². The van der Waals surface area contributed by atoms with E-state index >= 15 is 0 Å². The molecule has 1 rings (SSSR count). The lowest BCUT2D eigenvalue weighted by Gasteiger charge is -2.20. The van der Waals surface area contributed by atoms with Crippen molar-refractivity contribution in [3.05, 3.63) is 0 Å². The number of amides is 1. The van der Waals surface area contributed by atoms with Crippen LogP contribution in [0.4, 0.5) is 0 Å². The zero-order chi connectivity index (χ0) is 9.84. The first-order valence-electron chi connectivity index (χ1n) is 4.86. The molecule has 13 heavy (non-hydrogen) atoms. The highest BCUT2D eigenvalue weighted by Gasteiger charge is 2.33. The molecule has 1 heterocycles. The van der Waals surface area contributed by atoms with Crippen LogP contribution in [0.1, 0.15) is 26.2 Å². The van der Waals surface area contributed by atoms with E-state index in [-0.39, 0.29) is 18.1 Å². The number of β-amino-alcohol motifs (C(OH)–C–C–N with tert-alkyl or cyclic N) is 1. The minimum Gasteiger partial charge on any atom is -0.392 e. The van der Waals surface area contributed by atoms with E-state index in [0.29, 0.717) is 13.0 Å². The van der Waals surface area contributed by atoms with Gasteiger partial charge in [0.25, 0.3) is 0 Å². The van der Waals surface area contributed by atoms with Gasteiger partial charge in [-0.05, 0) is 19.4 Å². The molecule has 0 aromatic heterocycles. The minimum atomic E-state index is -0.380. The first kappa shape index (κ1) is 10.5. The van der Waals surface area contributed by atoms with E-state index in [2.05, 4.69) is 6.92 Å². The van der Waals surface area contributed by atoms with Gasteiger partial charge in [-0.25, -0.2) is 0 Å². The molecule has 2 atom stereocenters. The van der Waals surface area contributed by atoms with Gasteiger partial charge < -0.3 is 10.8 Å². The number of aliphatic hydroxyl groups excluding tert-OH is 1. The van der Waals surface area contributed by atoms with Crippen LogP contribution in [0.3, 0.4) is 0 Å². The number of carbonyl (C=O) groups excluding carboxylic acids is 1. The molecule has 1 fully saturated rings. The Morgan fingerprint density at radius 2 is 2.38 bits per heavy atom. The van der Waals surface area contributed by atoms with Crippen LogP contribution in [0.15, 0.2) is 0 Å². The summed E-state index contributed by atoms with van der Waals surface area (Å²) in [5, 5.41) is 9.37. The fraction of sp³-hybridized carbons (Fsp3) is 0.889. The van der Waals surface area contributed by atoms with Gasteiger partial charge in [0.2, 0.25) is 5.91 Å². The van der Waals surface area contributed by atoms with Gasteiger partial charge in [-0.2, -0.15) is 0 Å². The van der Waals surface area contributed by atoms with Crippen molar-refractivity contribution in [2.45, 2.75) is 38.3 Å². The van der Waals surface area contributed by atoms with Crippen molar-refractivity contribution in [1.82, 2.24) is 4.90 Å². The summed E-state index contributed by atoms with van der Waals surface area (Å²) >= 11 is 0. The van der Waals surface area contributed by atoms with E-state index < -0.39 is 0 Å². The highest BCUT2D eigenvalue weighted by atomic mass is 16.3. The molecule has 0 aromatic carbocycles. The molecule has 1 aliphatic heterocycles. The summed E-state index contributed by atoms with van der Waals surface area (Å²) < 4.78 is 0. The number of nitrogens with zero attached hydrogens (tertiary/aromatic N) is 1. The number of primary amides is 1. The molecule has 76 valence electrons. The maximum Gasteiger partial charge on any atom is 0.234 e. The summed E-state index contributed by atoms with van der Waals surface area (Å²) in [6.45, 7) is 3.56. The fourth-order valence-corrected chi connectivity index (χ4v) is 1.78. The van der Waals surface area contributed by atoms with E-state index in [1.165, 1.54) is 0 Å². The zero-order valence-corrected chi connectivity index (χ0v) is 8.07. The second kappa shape index (κ2) is 4.58. The molecule has 0 radical (unpaired) electrons. The average molecular weight is 186 g/mol. The molecule has 4 nitrogen and oxygen atoms in total. The lowest BCUT2D eigenvalue weighted by Crippen LogP contribution is -2.40. The molecular weight excluding hydrogens is 168 g/mol. The Bertz CT molecular complexity index is 184. The highest BCUT2D eigenvalue weighted by Crippen LogP contribution is 2.17. The summed E-state index contributed by atoms with van der Waals surface area (Å²) in [5.41, 5.74) is 5.23. The van der Waals surface area contributed by atoms with Gasteiger partial charge in [-0.15, -0.1) is 0 Å². The van der Waals surface area contributed by atoms with Crippen LogP contribution in [-0.2, 0) is 4.79 Å². The molecule has 0 aliphatic carbocycles. The van der Waals surface area contributed by atoms with Crippen molar-refractivity contribution in [3.63, 3.8) is 0 Å². The average Bonchev–Trinajstić information content (AvgIpc) is 2.43. The van der Waals surface area contributed by atoms with Gasteiger partial charge >= 0.3 is 0 Å². The molecule has 1 aliphatic rings. The fourth-order valence-electron chi connectivity index (χ4n) is 1.78. The molecule has 0 saturated carbocycles. The molecule has 0 unspecified atom stereocenters. The molecule has 0 aromatic rings. The van der Waals surface area contributed by atoms with Crippen molar-refractivity contribution in [2.75, 3.05) is 13.1 Å². The van der Waals surface area contributed by atoms with E-state index in [4.69, 9.17) is 5.73 Å². The van der Waals surface area contributed by atoms with Crippen LogP contribution in [0, 0.1) is 0 Å². The molecule has 4 heteroatoms. The SMILES string of the molecule is CCCCN1C[C@@H](O)C[C@H]1C(N)=O. The quantitative estimate of drug-likeness (QED) is 0.634. The number of nitrogens with two attached hydrogens (primary N) is 1. The van der Waals surface area contributed by atoms with E-state index in [9.17, 15) is 9.90 Å². The number of hydrogen-bond donors (Lipinski definition) is 2. The summed E-state index contributed by atoms with van der Waals surface area (Å²) in [4.78, 5) is 13.0. The molecule has 3 N–H and O–H groups in total. The summed E-state index contributed by atoms with van der Waals surface area (Å²) in [6, 6.07) is -0.249. The molecular formula is C9H18N2O2. The topological polar surface area (TPSA) is 66.6 Å². The van der Waals surface area contributed by atoms with Crippen LogP contribution in [0.5, 0.6) is 0 Å². The molecule has 1 saturated heterocycles. The third kappa shape index (κ3) is 2.67. The van der Waals surface area contributed by atoms with E-state index in [0.717, 1.165) is 19.4 Å². The standard InChI is InChI=1S/C9H18N2O2/c1-2-3-4-11-6-7(12)5-8(11)9(10)13/h7-8,12H,2-6H2,1H3,(H2,10,13)/t7-,8-/m0/s1. The summed E-state index contributed by atoms with van der Waals surface area (Å²) in [5.74, 6) is -0.312. The van der Waals surface area contributed by atoms with Crippen LogP contribution < -0.4 is 5.73 Å². The Morgan fingerprint density at radius 3 is 2.92 bits per heavy atom. The van der Waals surface area contributed by atoms with Crippen molar-refractivity contribution < 1.29 is 9.90 Å². The summed E-state index contributed by atoms with van der Waals surface area (Å²) in [6.07, 6.45) is 2.27. The van der Waals surface area contributed by atoms with Gasteiger partial charge in [0.1, 0.15) is 0 Å². The van der Waals surface area contributed by atoms with Crippen LogP contribution in [-0.4, -0.2) is 41.1 Å². The van der Waals surface area contributed by atoms with Crippen LogP contribution in [0.25, 0.3) is 0 Å². The monoisotopic (exact) mass is 186 g/mol. The number of hydrogen-bond acceptors (Lipinski definition) is 3. The minimum absolute atomic E-state index is 0.249. The first-order chi connectivity index (χ1) is 6.15. The third-order valence-corrected chi connectivity index (χ3v) is 2.51. The zero-order valence-electron chi connectivity index (χ0n) is 8.07. The Balaban J connectivity index is 2.45. The third-order valence-electron chi connectivity index (χ3n) is 2.51. The van der Waals surface area contributed by atoms with Crippen molar-refractivity contribution in [2.24, 2.45) is 5.73 Å². The highest BCUT2D eigenvalue weighted by molar-refractivity contribution is 5.80. The van der Waals surface area contributed by atoms with Gasteiger partial charge in [0.05, 0.1) is 12.1 Å². The second-order valence-corrected chi connectivity index (χ2v) is 3.66. The van der Waals surface area contributed by atoms with Crippen molar-refractivity contribution in [1.29, 1.82) is 0 Å². The van der Waals surface area contributed by atoms with E-state index in [1.807, 2.05) is 4.90 Å². The van der Waals surface area contributed by atoms with Crippen molar-refractivity contribution >= 4 is 5.91 Å². The molecule has 1 amide bonds. The Labute approximate surface area is 78.7 Å². The van der Waals surface area contributed by atoms with Crippen molar-refractivity contribution in [3.8, 4) is 0 Å². The lowest BCUT2D eigenvalue weighted by atomic mass is 10.2. The van der Waals surface area contributed by atoms with Gasteiger partial charge in [0, 0.05) is 6.54 Å². The number of carbonyl (C=O) groups is 1. The second-order valence-electron chi connectivity index (χ2n) is 3.66. The lowest BCUT2D eigenvalue weighted by molar-refractivity contribution is -0.122. The number of likely N-dealkylation sites (tertiary alicyclic amines) is 1. The molecule has 0 spiro atoms. The van der Waals surface area contributed by atoms with Gasteiger partial charge in [-0.3, -0.25) is 9.69 Å². The maximum atomic E-state index is 11.0. The van der Waals surface area contributed by atoms with Crippen LogP contribution in [0.2, 0.25) is 0 Å². The number of unbranched alkanes of at least 4 members (excludes halogenated alkanes) is 1. The Kier molecular flexibility index (Phi) is 3.69. The largest absolute Gasteiger partial charge is 0.392 e. The normalized spacial score (nSPS) is 29.4. The number of aliphatic hydroxyl groups is 1. The first-order valence-corrected chi connectivity index (χ1v) is 4.86. The van der Waals surface area contributed by atoms with Crippen LogP contribution >= 0.6 is 0 Å². The summed E-state index contributed by atoms with van der Waals surface area (Å²) in [7, 11) is 0. The van der Waals surface area contributed by atoms with Gasteiger partial charge in [-0.1, -0.05) is 13.3 Å².